The second kappa shape index (κ2) is 7.94. The normalized spacial score (nSPS) is 11.1. The fourth-order valence-corrected chi connectivity index (χ4v) is 1.71. The highest BCUT2D eigenvalue weighted by atomic mass is 16.5. The van der Waals surface area contributed by atoms with E-state index in [4.69, 9.17) is 4.74 Å². The van der Waals surface area contributed by atoms with Crippen molar-refractivity contribution in [2.75, 3.05) is 24.5 Å². The summed E-state index contributed by atoms with van der Waals surface area (Å²) in [6.45, 7) is 13.1. The van der Waals surface area contributed by atoms with Gasteiger partial charge in [0.25, 0.3) is 0 Å². The maximum atomic E-state index is 5.58. The van der Waals surface area contributed by atoms with Crippen LogP contribution in [0.3, 0.4) is 0 Å². The SMILES string of the molecule is CCN(CCNC(C)C)c1cncc(OC(C)C)n1. The Labute approximate surface area is 116 Å². The molecule has 5 heteroatoms. The third-order valence-corrected chi connectivity index (χ3v) is 2.60. The van der Waals surface area contributed by atoms with Crippen LogP contribution in [0.1, 0.15) is 34.6 Å². The van der Waals surface area contributed by atoms with E-state index >= 15 is 0 Å². The van der Waals surface area contributed by atoms with Crippen LogP contribution in [0.5, 0.6) is 5.88 Å². The first-order valence-electron chi connectivity index (χ1n) is 7.00. The van der Waals surface area contributed by atoms with Gasteiger partial charge in [0.1, 0.15) is 0 Å². The lowest BCUT2D eigenvalue weighted by molar-refractivity contribution is 0.231. The first-order chi connectivity index (χ1) is 9.02. The Kier molecular flexibility index (Phi) is 6.56. The average molecular weight is 266 g/mol. The van der Waals surface area contributed by atoms with Crippen molar-refractivity contribution >= 4 is 5.82 Å². The van der Waals surface area contributed by atoms with Gasteiger partial charge < -0.3 is 15.0 Å². The molecule has 0 fully saturated rings. The first kappa shape index (κ1) is 15.7. The van der Waals surface area contributed by atoms with Gasteiger partial charge in [0.15, 0.2) is 5.82 Å². The molecule has 0 bridgehead atoms. The molecule has 0 aliphatic rings. The van der Waals surface area contributed by atoms with Crippen molar-refractivity contribution in [2.45, 2.75) is 46.8 Å². The number of nitrogens with zero attached hydrogens (tertiary/aromatic N) is 3. The predicted octanol–water partition coefficient (Wildman–Crippen LogP) is 2.09. The van der Waals surface area contributed by atoms with Gasteiger partial charge in [-0.1, -0.05) is 13.8 Å². The number of hydrogen-bond acceptors (Lipinski definition) is 5. The highest BCUT2D eigenvalue weighted by Gasteiger charge is 2.08. The van der Waals surface area contributed by atoms with Crippen LogP contribution in [0.15, 0.2) is 12.4 Å². The summed E-state index contributed by atoms with van der Waals surface area (Å²) in [5.74, 6) is 1.45. The lowest BCUT2D eigenvalue weighted by atomic mass is 10.4. The fourth-order valence-electron chi connectivity index (χ4n) is 1.71. The largest absolute Gasteiger partial charge is 0.474 e. The van der Waals surface area contributed by atoms with Crippen LogP contribution >= 0.6 is 0 Å². The van der Waals surface area contributed by atoms with E-state index in [1.807, 2.05) is 13.8 Å². The number of aromatic nitrogens is 2. The Balaban J connectivity index is 2.64. The second-order valence-electron chi connectivity index (χ2n) is 5.07. The van der Waals surface area contributed by atoms with Crippen molar-refractivity contribution in [1.29, 1.82) is 0 Å². The molecule has 1 aromatic rings. The van der Waals surface area contributed by atoms with Crippen LogP contribution in [0.4, 0.5) is 5.82 Å². The van der Waals surface area contributed by atoms with Crippen molar-refractivity contribution in [2.24, 2.45) is 0 Å². The number of hydrogen-bond donors (Lipinski definition) is 1. The summed E-state index contributed by atoms with van der Waals surface area (Å²) in [5, 5.41) is 3.41. The Morgan fingerprint density at radius 1 is 1.26 bits per heavy atom. The topological polar surface area (TPSA) is 50.3 Å². The highest BCUT2D eigenvalue weighted by Crippen LogP contribution is 2.14. The maximum absolute atomic E-state index is 5.58. The summed E-state index contributed by atoms with van der Waals surface area (Å²) in [6, 6.07) is 0.500. The molecule has 0 aliphatic carbocycles. The average Bonchev–Trinajstić information content (AvgIpc) is 2.34. The molecule has 5 nitrogen and oxygen atoms in total. The molecular weight excluding hydrogens is 240 g/mol. The minimum atomic E-state index is 0.113. The number of rotatable bonds is 8. The van der Waals surface area contributed by atoms with Gasteiger partial charge in [-0.25, -0.2) is 0 Å². The summed E-state index contributed by atoms with van der Waals surface area (Å²) in [5.41, 5.74) is 0. The van der Waals surface area contributed by atoms with E-state index in [1.54, 1.807) is 12.4 Å². The molecule has 0 aliphatic heterocycles. The summed E-state index contributed by atoms with van der Waals surface area (Å²) in [4.78, 5) is 10.9. The zero-order valence-corrected chi connectivity index (χ0v) is 12.7. The molecule has 0 saturated carbocycles. The molecule has 0 atom stereocenters. The van der Waals surface area contributed by atoms with Crippen molar-refractivity contribution in [3.05, 3.63) is 12.4 Å². The predicted molar refractivity (Wildman–Crippen MR) is 78.8 cm³/mol. The first-order valence-corrected chi connectivity index (χ1v) is 7.00. The molecule has 19 heavy (non-hydrogen) atoms. The Bertz CT molecular complexity index is 368. The monoisotopic (exact) mass is 266 g/mol. The number of ether oxygens (including phenoxy) is 1. The minimum absolute atomic E-state index is 0.113. The standard InChI is InChI=1S/C14H26N4O/c1-6-18(8-7-16-11(2)3)13-9-15-10-14(17-13)19-12(4)5/h9-12,16H,6-8H2,1-5H3. The van der Waals surface area contributed by atoms with E-state index in [1.165, 1.54) is 0 Å². The molecule has 0 unspecified atom stereocenters. The third kappa shape index (κ3) is 5.87. The fraction of sp³-hybridized carbons (Fsp3) is 0.714. The molecule has 0 spiro atoms. The van der Waals surface area contributed by atoms with E-state index in [0.717, 1.165) is 25.5 Å². The van der Waals surface area contributed by atoms with Crippen LogP contribution in [0, 0.1) is 0 Å². The minimum Gasteiger partial charge on any atom is -0.474 e. The summed E-state index contributed by atoms with van der Waals surface area (Å²) in [7, 11) is 0. The Morgan fingerprint density at radius 2 is 2.00 bits per heavy atom. The van der Waals surface area contributed by atoms with Crippen molar-refractivity contribution in [3.8, 4) is 5.88 Å². The summed E-state index contributed by atoms with van der Waals surface area (Å²) < 4.78 is 5.58. The molecule has 1 rings (SSSR count). The molecule has 108 valence electrons. The van der Waals surface area contributed by atoms with Crippen LogP contribution < -0.4 is 15.0 Å². The molecule has 0 saturated heterocycles. The third-order valence-electron chi connectivity index (χ3n) is 2.60. The van der Waals surface area contributed by atoms with Gasteiger partial charge >= 0.3 is 0 Å². The second-order valence-corrected chi connectivity index (χ2v) is 5.07. The Hall–Kier alpha value is -1.36. The van der Waals surface area contributed by atoms with E-state index in [9.17, 15) is 0 Å². The highest BCUT2D eigenvalue weighted by molar-refractivity contribution is 5.37. The van der Waals surface area contributed by atoms with Gasteiger partial charge in [0, 0.05) is 25.7 Å². The van der Waals surface area contributed by atoms with E-state index in [2.05, 4.69) is 41.0 Å². The van der Waals surface area contributed by atoms with Crippen molar-refractivity contribution < 1.29 is 4.74 Å². The van der Waals surface area contributed by atoms with E-state index in [0.29, 0.717) is 11.9 Å². The zero-order valence-electron chi connectivity index (χ0n) is 12.7. The van der Waals surface area contributed by atoms with Crippen LogP contribution in [-0.4, -0.2) is 41.7 Å². The number of anilines is 1. The molecular formula is C14H26N4O. The smallest absolute Gasteiger partial charge is 0.234 e. The van der Waals surface area contributed by atoms with Gasteiger partial charge in [0.2, 0.25) is 5.88 Å². The summed E-state index contributed by atoms with van der Waals surface area (Å²) in [6.07, 6.45) is 3.55. The van der Waals surface area contributed by atoms with Gasteiger partial charge in [-0.3, -0.25) is 4.98 Å². The number of likely N-dealkylation sites (N-methyl/N-ethyl adjacent to an activating group) is 1. The Morgan fingerprint density at radius 3 is 2.58 bits per heavy atom. The molecule has 1 heterocycles. The quantitative estimate of drug-likeness (QED) is 0.781. The van der Waals surface area contributed by atoms with Gasteiger partial charge in [-0.15, -0.1) is 0 Å². The van der Waals surface area contributed by atoms with Gasteiger partial charge in [-0.2, -0.15) is 4.98 Å². The van der Waals surface area contributed by atoms with Crippen LogP contribution in [0.25, 0.3) is 0 Å². The molecule has 0 aromatic carbocycles. The molecule has 0 amide bonds. The van der Waals surface area contributed by atoms with Crippen molar-refractivity contribution in [1.82, 2.24) is 15.3 Å². The molecule has 1 aromatic heterocycles. The van der Waals surface area contributed by atoms with Gasteiger partial charge in [-0.05, 0) is 20.8 Å². The van der Waals surface area contributed by atoms with E-state index in [-0.39, 0.29) is 6.10 Å². The maximum Gasteiger partial charge on any atom is 0.234 e. The van der Waals surface area contributed by atoms with Crippen LogP contribution in [0.2, 0.25) is 0 Å². The van der Waals surface area contributed by atoms with Crippen molar-refractivity contribution in [3.63, 3.8) is 0 Å². The van der Waals surface area contributed by atoms with Gasteiger partial charge in [0.05, 0.1) is 18.5 Å². The van der Waals surface area contributed by atoms with Crippen LogP contribution in [-0.2, 0) is 0 Å². The molecule has 0 radical (unpaired) electrons. The lowest BCUT2D eigenvalue weighted by Gasteiger charge is -2.23. The molecule has 1 N–H and O–H groups in total. The summed E-state index contributed by atoms with van der Waals surface area (Å²) >= 11 is 0. The zero-order chi connectivity index (χ0) is 14.3. The number of nitrogens with one attached hydrogen (secondary N) is 1. The lowest BCUT2D eigenvalue weighted by Crippen LogP contribution is -2.35. The van der Waals surface area contributed by atoms with E-state index < -0.39 is 0 Å².